The molecule has 0 saturated heterocycles. The average molecular weight is 322 g/mol. The highest BCUT2D eigenvalue weighted by molar-refractivity contribution is 5.80. The Labute approximate surface area is 144 Å². The second kappa shape index (κ2) is 7.21. The van der Waals surface area contributed by atoms with Gasteiger partial charge in [-0.1, -0.05) is 60.7 Å². The van der Waals surface area contributed by atoms with Crippen molar-refractivity contribution in [3.63, 3.8) is 0 Å². The Balaban J connectivity index is 1.76. The summed E-state index contributed by atoms with van der Waals surface area (Å²) in [6.45, 7) is 3.83. The molecule has 2 aliphatic carbocycles. The summed E-state index contributed by atoms with van der Waals surface area (Å²) in [7, 11) is 0. The van der Waals surface area contributed by atoms with Crippen LogP contribution in [0.1, 0.15) is 43.6 Å². The molecule has 2 nitrogen and oxygen atoms in total. The predicted molar refractivity (Wildman–Crippen MR) is 97.8 cm³/mol. The third kappa shape index (κ3) is 3.24. The summed E-state index contributed by atoms with van der Waals surface area (Å²) in [6, 6.07) is 10.2. The highest BCUT2D eigenvalue weighted by Crippen LogP contribution is 2.46. The lowest BCUT2D eigenvalue weighted by Gasteiger charge is -2.39. The second-order valence-corrected chi connectivity index (χ2v) is 7.13. The molecule has 1 fully saturated rings. The Bertz CT molecular complexity index is 619. The normalized spacial score (nSPS) is 32.4. The molecule has 24 heavy (non-hydrogen) atoms. The predicted octanol–water partition coefficient (Wildman–Crippen LogP) is 5.35. The van der Waals surface area contributed by atoms with Crippen molar-refractivity contribution in [1.82, 2.24) is 0 Å². The molecule has 1 N–H and O–H groups in total. The molecule has 0 atom stereocenters. The van der Waals surface area contributed by atoms with E-state index in [1.165, 1.54) is 5.56 Å². The van der Waals surface area contributed by atoms with E-state index in [-0.39, 0.29) is 11.8 Å². The van der Waals surface area contributed by atoms with E-state index in [1.807, 2.05) is 36.4 Å². The van der Waals surface area contributed by atoms with E-state index in [2.05, 4.69) is 30.9 Å². The molecule has 0 radical (unpaired) electrons. The lowest BCUT2D eigenvalue weighted by atomic mass is 9.64. The van der Waals surface area contributed by atoms with Gasteiger partial charge in [0.1, 0.15) is 5.41 Å². The second-order valence-electron chi connectivity index (χ2n) is 7.13. The van der Waals surface area contributed by atoms with Gasteiger partial charge in [0, 0.05) is 5.92 Å². The van der Waals surface area contributed by atoms with Crippen molar-refractivity contribution in [2.45, 2.75) is 38.0 Å². The van der Waals surface area contributed by atoms with Crippen molar-refractivity contribution in [3.8, 4) is 0 Å². The molecule has 0 amide bonds. The lowest BCUT2D eigenvalue weighted by molar-refractivity contribution is -0.146. The van der Waals surface area contributed by atoms with Crippen LogP contribution in [0.15, 0.2) is 67.3 Å². The van der Waals surface area contributed by atoms with Gasteiger partial charge in [0.05, 0.1) is 0 Å². The first-order valence-corrected chi connectivity index (χ1v) is 8.93. The summed E-state index contributed by atoms with van der Waals surface area (Å²) in [4.78, 5) is 12.1. The molecule has 1 aromatic rings. The number of aliphatic carboxylic acids is 1. The van der Waals surface area contributed by atoms with Crippen LogP contribution in [0.4, 0.5) is 0 Å². The minimum absolute atomic E-state index is 0.177. The van der Waals surface area contributed by atoms with Crippen LogP contribution in [-0.2, 0) is 4.79 Å². The minimum atomic E-state index is -0.829. The Morgan fingerprint density at radius 3 is 2.29 bits per heavy atom. The Morgan fingerprint density at radius 1 is 1.12 bits per heavy atom. The summed E-state index contributed by atoms with van der Waals surface area (Å²) >= 11 is 0. The van der Waals surface area contributed by atoms with Gasteiger partial charge in [-0.3, -0.25) is 4.79 Å². The highest BCUT2D eigenvalue weighted by Gasteiger charge is 2.44. The fourth-order valence-corrected chi connectivity index (χ4v) is 4.24. The Hall–Kier alpha value is -2.09. The van der Waals surface area contributed by atoms with Crippen LogP contribution in [0.5, 0.6) is 0 Å². The van der Waals surface area contributed by atoms with Gasteiger partial charge < -0.3 is 5.11 Å². The molecule has 1 saturated carbocycles. The van der Waals surface area contributed by atoms with Crippen LogP contribution in [0, 0.1) is 17.3 Å². The summed E-state index contributed by atoms with van der Waals surface area (Å²) in [6.07, 6.45) is 15.3. The fraction of sp³-hybridized carbons (Fsp3) is 0.409. The average Bonchev–Trinajstić information content (AvgIpc) is 2.63. The smallest absolute Gasteiger partial charge is 0.317 e. The molecule has 0 unspecified atom stereocenters. The van der Waals surface area contributed by atoms with Crippen molar-refractivity contribution in [3.05, 3.63) is 72.9 Å². The first kappa shape index (κ1) is 16.8. The largest absolute Gasteiger partial charge is 0.480 e. The molecule has 0 heterocycles. The van der Waals surface area contributed by atoms with Crippen LogP contribution in [0.25, 0.3) is 0 Å². The molecule has 3 rings (SSSR count). The number of allylic oxidation sites excluding steroid dienone is 3. The van der Waals surface area contributed by atoms with E-state index < -0.39 is 11.4 Å². The van der Waals surface area contributed by atoms with Gasteiger partial charge in [0.15, 0.2) is 0 Å². The third-order valence-corrected chi connectivity index (χ3v) is 5.74. The van der Waals surface area contributed by atoms with Gasteiger partial charge in [0.25, 0.3) is 0 Å². The maximum Gasteiger partial charge on any atom is 0.317 e. The molecule has 2 aliphatic rings. The third-order valence-electron chi connectivity index (χ3n) is 5.74. The Kier molecular flexibility index (Phi) is 5.03. The van der Waals surface area contributed by atoms with Crippen molar-refractivity contribution in [1.29, 1.82) is 0 Å². The summed E-state index contributed by atoms with van der Waals surface area (Å²) in [5, 5.41) is 9.95. The maximum atomic E-state index is 12.1. The quantitative estimate of drug-likeness (QED) is 0.742. The first-order valence-electron chi connectivity index (χ1n) is 8.93. The molecule has 0 bridgehead atoms. The van der Waals surface area contributed by atoms with Gasteiger partial charge in [-0.2, -0.15) is 0 Å². The molecular formula is C22H26O2. The minimum Gasteiger partial charge on any atom is -0.480 e. The van der Waals surface area contributed by atoms with Gasteiger partial charge in [-0.05, 0) is 49.5 Å². The monoisotopic (exact) mass is 322 g/mol. The molecular weight excluding hydrogens is 296 g/mol. The number of carboxylic acid groups (broad SMARTS) is 1. The first-order chi connectivity index (χ1) is 11.7. The Morgan fingerprint density at radius 2 is 1.75 bits per heavy atom. The standard InChI is InChI=1S/C22H26O2/c1-2-6-17-9-11-20(12-10-17)22(21(23)24)15-13-19(14-16-22)18-7-4-3-5-8-18/h2-5,7-8,13-17,19-20H,1,6,9-12H2,(H,23,24). The number of hydrogen-bond donors (Lipinski definition) is 1. The van der Waals surface area contributed by atoms with Crippen LogP contribution < -0.4 is 0 Å². The van der Waals surface area contributed by atoms with E-state index in [9.17, 15) is 9.90 Å². The molecule has 0 aliphatic heterocycles. The van der Waals surface area contributed by atoms with E-state index >= 15 is 0 Å². The molecule has 126 valence electrons. The van der Waals surface area contributed by atoms with Crippen LogP contribution in [-0.4, -0.2) is 11.1 Å². The van der Waals surface area contributed by atoms with Crippen molar-refractivity contribution < 1.29 is 9.90 Å². The maximum absolute atomic E-state index is 12.1. The van der Waals surface area contributed by atoms with E-state index in [1.54, 1.807) is 0 Å². The zero-order valence-corrected chi connectivity index (χ0v) is 14.1. The topological polar surface area (TPSA) is 37.3 Å². The van der Waals surface area contributed by atoms with E-state index in [0.717, 1.165) is 32.1 Å². The lowest BCUT2D eigenvalue weighted by Crippen LogP contribution is -2.38. The van der Waals surface area contributed by atoms with Gasteiger partial charge in [-0.25, -0.2) is 0 Å². The number of rotatable bonds is 5. The summed E-state index contributed by atoms with van der Waals surface area (Å²) in [5.74, 6) is 0.336. The molecule has 0 aromatic heterocycles. The molecule has 0 spiro atoms. The summed E-state index contributed by atoms with van der Waals surface area (Å²) < 4.78 is 0. The number of hydrogen-bond acceptors (Lipinski definition) is 1. The van der Waals surface area contributed by atoms with Crippen molar-refractivity contribution in [2.75, 3.05) is 0 Å². The van der Waals surface area contributed by atoms with E-state index in [0.29, 0.717) is 5.92 Å². The zero-order chi connectivity index (χ0) is 17.0. The van der Waals surface area contributed by atoms with Gasteiger partial charge in [0.2, 0.25) is 0 Å². The van der Waals surface area contributed by atoms with Gasteiger partial charge in [-0.15, -0.1) is 6.58 Å². The van der Waals surface area contributed by atoms with Crippen LogP contribution in [0.2, 0.25) is 0 Å². The van der Waals surface area contributed by atoms with Crippen molar-refractivity contribution in [2.24, 2.45) is 17.3 Å². The zero-order valence-electron chi connectivity index (χ0n) is 14.1. The molecule has 2 heteroatoms. The number of carboxylic acids is 1. The van der Waals surface area contributed by atoms with Gasteiger partial charge >= 0.3 is 5.97 Å². The van der Waals surface area contributed by atoms with E-state index in [4.69, 9.17) is 0 Å². The summed E-state index contributed by atoms with van der Waals surface area (Å²) in [5.41, 5.74) is 0.378. The number of carbonyl (C=O) groups is 1. The number of benzene rings is 1. The van der Waals surface area contributed by atoms with Crippen LogP contribution in [0.3, 0.4) is 0 Å². The fourth-order valence-electron chi connectivity index (χ4n) is 4.24. The SMILES string of the molecule is C=CCC1CCC(C2(C(=O)O)C=CC(c3ccccc3)C=C2)CC1. The molecule has 1 aromatic carbocycles. The van der Waals surface area contributed by atoms with Crippen LogP contribution >= 0.6 is 0 Å². The van der Waals surface area contributed by atoms with Crippen molar-refractivity contribution >= 4 is 5.97 Å². The highest BCUT2D eigenvalue weighted by atomic mass is 16.4.